The van der Waals surface area contributed by atoms with E-state index in [4.69, 9.17) is 9.47 Å². The van der Waals surface area contributed by atoms with Crippen molar-refractivity contribution in [2.45, 2.75) is 19.4 Å². The molecule has 6 nitrogen and oxygen atoms in total. The highest BCUT2D eigenvalue weighted by molar-refractivity contribution is 5.75. The molecule has 0 amide bonds. The molecule has 0 spiro atoms. The minimum Gasteiger partial charge on any atom is -0.495 e. The van der Waals surface area contributed by atoms with E-state index >= 15 is 0 Å². The first-order valence-corrected chi connectivity index (χ1v) is 9.50. The van der Waals surface area contributed by atoms with Crippen LogP contribution < -0.4 is 4.74 Å². The van der Waals surface area contributed by atoms with E-state index in [1.807, 2.05) is 54.2 Å². The fourth-order valence-electron chi connectivity index (χ4n) is 3.30. The van der Waals surface area contributed by atoms with Crippen molar-refractivity contribution >= 4 is 17.7 Å². The number of hydrogen-bond donors (Lipinski definition) is 1. The molecule has 0 aliphatic heterocycles. The molecule has 0 fully saturated rings. The van der Waals surface area contributed by atoms with Crippen LogP contribution in [0.5, 0.6) is 5.75 Å². The zero-order valence-electron chi connectivity index (χ0n) is 16.8. The highest BCUT2D eigenvalue weighted by atomic mass is 16.5. The number of hydrogen-bond acceptors (Lipinski definition) is 4. The van der Waals surface area contributed by atoms with Gasteiger partial charge in [-0.25, -0.2) is 9.97 Å². The highest BCUT2D eigenvalue weighted by Crippen LogP contribution is 2.26. The van der Waals surface area contributed by atoms with Crippen LogP contribution in [0.2, 0.25) is 0 Å². The van der Waals surface area contributed by atoms with E-state index in [-0.39, 0.29) is 6.10 Å². The van der Waals surface area contributed by atoms with E-state index in [0.717, 1.165) is 46.2 Å². The van der Waals surface area contributed by atoms with Crippen molar-refractivity contribution in [3.05, 3.63) is 77.9 Å². The second-order valence-electron chi connectivity index (χ2n) is 6.89. The predicted molar refractivity (Wildman–Crippen MR) is 115 cm³/mol. The average molecular weight is 388 g/mol. The summed E-state index contributed by atoms with van der Waals surface area (Å²) >= 11 is 0. The number of methoxy groups -OCH3 is 2. The Bertz CT molecular complexity index is 1090. The molecule has 2 heterocycles. The number of benzene rings is 1. The van der Waals surface area contributed by atoms with Gasteiger partial charge in [0.1, 0.15) is 11.6 Å². The molecular formula is C23H24N4O2. The van der Waals surface area contributed by atoms with Crippen LogP contribution in [0.1, 0.15) is 29.2 Å². The molecule has 1 N–H and O–H groups in total. The Balaban J connectivity index is 1.53. The summed E-state index contributed by atoms with van der Waals surface area (Å²) in [6.45, 7) is 1.96. The monoisotopic (exact) mass is 388 g/mol. The van der Waals surface area contributed by atoms with Gasteiger partial charge in [-0.2, -0.15) is 0 Å². The fraction of sp³-hybridized carbons (Fsp3) is 0.217. The van der Waals surface area contributed by atoms with E-state index in [0.29, 0.717) is 0 Å². The molecule has 4 rings (SSSR count). The number of nitrogens with zero attached hydrogens (tertiary/aromatic N) is 3. The molecule has 1 aliphatic carbocycles. The molecule has 0 saturated heterocycles. The Morgan fingerprint density at radius 1 is 1.24 bits per heavy atom. The zero-order chi connectivity index (χ0) is 20.2. The lowest BCUT2D eigenvalue weighted by atomic mass is 10.0. The number of aryl methyl sites for hydroxylation is 1. The average Bonchev–Trinajstić information content (AvgIpc) is 3.41. The van der Waals surface area contributed by atoms with Gasteiger partial charge in [0.05, 0.1) is 36.6 Å². The summed E-state index contributed by atoms with van der Waals surface area (Å²) in [6, 6.07) is 6.07. The van der Waals surface area contributed by atoms with E-state index in [9.17, 15) is 0 Å². The van der Waals surface area contributed by atoms with Gasteiger partial charge in [-0.15, -0.1) is 0 Å². The Hall–Kier alpha value is -3.38. The quantitative estimate of drug-likeness (QED) is 0.678. The summed E-state index contributed by atoms with van der Waals surface area (Å²) in [6.07, 6.45) is 16.9. The molecule has 3 aromatic rings. The maximum Gasteiger partial charge on any atom is 0.143 e. The van der Waals surface area contributed by atoms with Crippen molar-refractivity contribution < 1.29 is 9.47 Å². The molecule has 29 heavy (non-hydrogen) atoms. The first-order valence-electron chi connectivity index (χ1n) is 9.50. The van der Waals surface area contributed by atoms with Crippen LogP contribution in [0.3, 0.4) is 0 Å². The lowest BCUT2D eigenvalue weighted by Gasteiger charge is -2.13. The van der Waals surface area contributed by atoms with Gasteiger partial charge in [0, 0.05) is 19.5 Å². The van der Waals surface area contributed by atoms with Crippen molar-refractivity contribution in [3.8, 4) is 11.4 Å². The first-order chi connectivity index (χ1) is 14.2. The van der Waals surface area contributed by atoms with E-state index in [2.05, 4.69) is 33.2 Å². The lowest BCUT2D eigenvalue weighted by molar-refractivity contribution is 0.143. The summed E-state index contributed by atoms with van der Waals surface area (Å²) < 4.78 is 13.0. The number of ether oxygens (including phenoxy) is 2. The topological polar surface area (TPSA) is 65.0 Å². The van der Waals surface area contributed by atoms with Crippen LogP contribution in [0.4, 0.5) is 0 Å². The van der Waals surface area contributed by atoms with Crippen LogP contribution in [-0.4, -0.2) is 39.8 Å². The Morgan fingerprint density at radius 3 is 2.90 bits per heavy atom. The van der Waals surface area contributed by atoms with Gasteiger partial charge in [0.25, 0.3) is 0 Å². The number of aromatic amines is 1. The minimum atomic E-state index is 0.107. The minimum absolute atomic E-state index is 0.107. The van der Waals surface area contributed by atoms with Crippen LogP contribution in [-0.2, 0) is 4.74 Å². The molecule has 2 aromatic heterocycles. The molecule has 1 unspecified atom stereocenters. The van der Waals surface area contributed by atoms with Crippen molar-refractivity contribution in [3.63, 3.8) is 0 Å². The van der Waals surface area contributed by atoms with Gasteiger partial charge in [0.15, 0.2) is 0 Å². The van der Waals surface area contributed by atoms with Crippen molar-refractivity contribution in [1.82, 2.24) is 19.5 Å². The summed E-state index contributed by atoms with van der Waals surface area (Å²) in [5, 5.41) is 0. The number of nitrogens with one attached hydrogen (secondary N) is 1. The van der Waals surface area contributed by atoms with Gasteiger partial charge in [-0.3, -0.25) is 0 Å². The molecule has 0 bridgehead atoms. The third-order valence-electron chi connectivity index (χ3n) is 4.85. The second kappa shape index (κ2) is 8.32. The van der Waals surface area contributed by atoms with E-state index < -0.39 is 0 Å². The summed E-state index contributed by atoms with van der Waals surface area (Å²) in [5.74, 6) is 1.58. The molecule has 0 radical (unpaired) electrons. The van der Waals surface area contributed by atoms with Crippen molar-refractivity contribution in [2.75, 3.05) is 14.2 Å². The maximum absolute atomic E-state index is 5.57. The molecule has 0 saturated carbocycles. The number of allylic oxidation sites excluding steroid dienone is 2. The largest absolute Gasteiger partial charge is 0.495 e. The van der Waals surface area contributed by atoms with E-state index in [1.165, 1.54) is 0 Å². The van der Waals surface area contributed by atoms with Crippen LogP contribution in [0.15, 0.2) is 55.1 Å². The van der Waals surface area contributed by atoms with Crippen LogP contribution in [0, 0.1) is 6.92 Å². The highest BCUT2D eigenvalue weighted by Gasteiger charge is 2.11. The van der Waals surface area contributed by atoms with Crippen LogP contribution >= 0.6 is 0 Å². The van der Waals surface area contributed by atoms with Crippen LogP contribution in [0.25, 0.3) is 23.4 Å². The normalized spacial score (nSPS) is 16.4. The van der Waals surface area contributed by atoms with Crippen molar-refractivity contribution in [2.24, 2.45) is 0 Å². The molecule has 1 aromatic carbocycles. The predicted octanol–water partition coefficient (Wildman–Crippen LogP) is 4.44. The molecule has 1 aliphatic rings. The zero-order valence-corrected chi connectivity index (χ0v) is 16.8. The maximum atomic E-state index is 5.57. The lowest BCUT2D eigenvalue weighted by Crippen LogP contribution is -2.08. The molecular weight excluding hydrogens is 364 g/mol. The van der Waals surface area contributed by atoms with Gasteiger partial charge in [0.2, 0.25) is 0 Å². The van der Waals surface area contributed by atoms with E-state index in [1.54, 1.807) is 20.5 Å². The third kappa shape index (κ3) is 4.22. The Morgan fingerprint density at radius 2 is 2.14 bits per heavy atom. The number of H-pyrrole nitrogens is 1. The Labute approximate surface area is 170 Å². The van der Waals surface area contributed by atoms with Gasteiger partial charge >= 0.3 is 0 Å². The van der Waals surface area contributed by atoms with Gasteiger partial charge < -0.3 is 19.0 Å². The second-order valence-corrected chi connectivity index (χ2v) is 6.89. The number of rotatable bonds is 6. The molecule has 6 heteroatoms. The number of imidazole rings is 2. The third-order valence-corrected chi connectivity index (χ3v) is 4.85. The summed E-state index contributed by atoms with van der Waals surface area (Å²) in [4.78, 5) is 12.2. The van der Waals surface area contributed by atoms with Crippen molar-refractivity contribution in [1.29, 1.82) is 0 Å². The summed E-state index contributed by atoms with van der Waals surface area (Å²) in [7, 11) is 3.40. The standard InChI is InChI=1S/C23H24N4O2/c1-16-14-27(15-25-16)21-9-7-17(11-22(21)29-3)8-10-23-24-13-20(26-23)18-5-4-6-19(12-18)28-2/h4-5,7-15,19H,6H2,1-3H3,(H,24,26)/b10-8+. The molecule has 1 atom stereocenters. The first kappa shape index (κ1) is 19.0. The van der Waals surface area contributed by atoms with Gasteiger partial charge in [-0.05, 0) is 48.8 Å². The SMILES string of the molecule is COc1cc(/C=C/c2nc(C3=CC(OC)CC=C3)c[nH]2)ccc1-n1cnc(C)c1. The Kier molecular flexibility index (Phi) is 5.44. The fourth-order valence-corrected chi connectivity index (χ4v) is 3.30. The number of aromatic nitrogens is 4. The molecule has 148 valence electrons. The smallest absolute Gasteiger partial charge is 0.143 e. The van der Waals surface area contributed by atoms with Gasteiger partial charge in [-0.1, -0.05) is 24.3 Å². The summed E-state index contributed by atoms with van der Waals surface area (Å²) in [5.41, 5.74) is 4.92.